The second-order valence-electron chi connectivity index (χ2n) is 6.90. The van der Waals surface area contributed by atoms with Crippen molar-refractivity contribution in [2.75, 3.05) is 28.6 Å². The number of benzene rings is 3. The minimum Gasteiger partial charge on any atom is -0.338 e. The van der Waals surface area contributed by atoms with Crippen LogP contribution in [0.3, 0.4) is 0 Å². The van der Waals surface area contributed by atoms with Gasteiger partial charge in [0.2, 0.25) is 0 Å². The summed E-state index contributed by atoms with van der Waals surface area (Å²) in [7, 11) is 0. The van der Waals surface area contributed by atoms with Crippen LogP contribution in [0.1, 0.15) is 6.42 Å². The van der Waals surface area contributed by atoms with Crippen LogP contribution in [0.4, 0.5) is 44.2 Å². The molecule has 10 heteroatoms. The van der Waals surface area contributed by atoms with Crippen molar-refractivity contribution in [3.63, 3.8) is 0 Å². The molecule has 0 heterocycles. The van der Waals surface area contributed by atoms with E-state index in [4.69, 9.17) is 0 Å². The number of rotatable bonds is 7. The van der Waals surface area contributed by atoms with E-state index in [9.17, 15) is 27.2 Å². The van der Waals surface area contributed by atoms with Crippen molar-refractivity contribution < 1.29 is 27.2 Å². The molecular weight excluding hydrogens is 440 g/mol. The Labute approximate surface area is 187 Å². The summed E-state index contributed by atoms with van der Waals surface area (Å²) in [6.45, 7) is 0.191. The molecule has 0 unspecified atom stereocenters. The quantitative estimate of drug-likeness (QED) is 0.322. The van der Waals surface area contributed by atoms with Gasteiger partial charge in [0.15, 0.2) is 0 Å². The van der Waals surface area contributed by atoms with Gasteiger partial charge in [0.1, 0.15) is 23.3 Å². The fraction of sp³-hybridized carbons (Fsp3) is 0.130. The summed E-state index contributed by atoms with van der Waals surface area (Å²) in [4.78, 5) is 26.0. The van der Waals surface area contributed by atoms with Crippen molar-refractivity contribution in [2.45, 2.75) is 6.42 Å². The first-order valence-electron chi connectivity index (χ1n) is 9.92. The lowest BCUT2D eigenvalue weighted by molar-refractivity contribution is 0.252. The van der Waals surface area contributed by atoms with Crippen LogP contribution in [0.5, 0.6) is 0 Å². The maximum Gasteiger partial charge on any atom is 0.326 e. The topological polar surface area (TPSA) is 73.5 Å². The second-order valence-corrected chi connectivity index (χ2v) is 6.90. The molecule has 0 fully saturated rings. The number of carbonyl (C=O) groups excluding carboxylic acids is 2. The van der Waals surface area contributed by atoms with Gasteiger partial charge >= 0.3 is 12.1 Å². The van der Waals surface area contributed by atoms with Crippen LogP contribution in [0.15, 0.2) is 66.7 Å². The molecule has 0 atom stereocenters. The van der Waals surface area contributed by atoms with Crippen LogP contribution in [0.2, 0.25) is 0 Å². The standard InChI is InChI=1S/C23H20F4N4O2/c24-15-6-9-17(10-7-15)31(23(33)30-20-5-2-1-4-18(20)26)13-3-12-28-22(32)29-21-11-8-16(25)14-19(21)27/h1-2,4-11,14H,3,12-13H2,(H,30,33)(H2,28,29,32). The number of halogens is 4. The lowest BCUT2D eigenvalue weighted by Gasteiger charge is -2.23. The summed E-state index contributed by atoms with van der Waals surface area (Å²) in [5, 5.41) is 7.22. The number of nitrogens with one attached hydrogen (secondary N) is 3. The second kappa shape index (κ2) is 11.0. The molecule has 3 N–H and O–H groups in total. The molecular formula is C23H20F4N4O2. The number of hydrogen-bond donors (Lipinski definition) is 3. The van der Waals surface area contributed by atoms with E-state index in [1.807, 2.05) is 0 Å². The van der Waals surface area contributed by atoms with Crippen molar-refractivity contribution in [2.24, 2.45) is 0 Å². The molecule has 33 heavy (non-hydrogen) atoms. The highest BCUT2D eigenvalue weighted by Gasteiger charge is 2.17. The van der Waals surface area contributed by atoms with Gasteiger partial charge in [-0.1, -0.05) is 12.1 Å². The summed E-state index contributed by atoms with van der Waals surface area (Å²) < 4.78 is 53.8. The number of anilines is 3. The van der Waals surface area contributed by atoms with Gasteiger partial charge in [0.25, 0.3) is 0 Å². The Balaban J connectivity index is 1.59. The third-order valence-corrected chi connectivity index (χ3v) is 4.52. The number of nitrogens with zero attached hydrogens (tertiary/aromatic N) is 1. The van der Waals surface area contributed by atoms with Crippen molar-refractivity contribution in [3.8, 4) is 0 Å². The van der Waals surface area contributed by atoms with Gasteiger partial charge in [-0.3, -0.25) is 4.90 Å². The number of hydrogen-bond acceptors (Lipinski definition) is 2. The maximum atomic E-state index is 13.9. The van der Waals surface area contributed by atoms with Crippen LogP contribution in [-0.2, 0) is 0 Å². The highest BCUT2D eigenvalue weighted by Crippen LogP contribution is 2.19. The Morgan fingerprint density at radius 2 is 1.42 bits per heavy atom. The van der Waals surface area contributed by atoms with E-state index in [2.05, 4.69) is 16.0 Å². The zero-order valence-electron chi connectivity index (χ0n) is 17.2. The van der Waals surface area contributed by atoms with Gasteiger partial charge < -0.3 is 16.0 Å². The van der Waals surface area contributed by atoms with Crippen LogP contribution in [0.25, 0.3) is 0 Å². The molecule has 3 aromatic carbocycles. The van der Waals surface area contributed by atoms with Gasteiger partial charge in [-0.25, -0.2) is 27.2 Å². The molecule has 0 aliphatic heterocycles. The van der Waals surface area contributed by atoms with Crippen LogP contribution < -0.4 is 20.9 Å². The predicted molar refractivity (Wildman–Crippen MR) is 117 cm³/mol. The van der Waals surface area contributed by atoms with Crippen molar-refractivity contribution in [1.82, 2.24) is 5.32 Å². The van der Waals surface area contributed by atoms with Gasteiger partial charge in [0, 0.05) is 24.8 Å². The molecule has 3 aromatic rings. The molecule has 0 aliphatic carbocycles. The lowest BCUT2D eigenvalue weighted by atomic mass is 10.2. The zero-order valence-corrected chi connectivity index (χ0v) is 17.2. The van der Waals surface area contributed by atoms with Gasteiger partial charge in [-0.2, -0.15) is 0 Å². The van der Waals surface area contributed by atoms with Gasteiger partial charge in [-0.15, -0.1) is 0 Å². The van der Waals surface area contributed by atoms with E-state index in [1.165, 1.54) is 47.4 Å². The predicted octanol–water partition coefficient (Wildman–Crippen LogP) is 5.49. The Morgan fingerprint density at radius 3 is 2.12 bits per heavy atom. The Hall–Kier alpha value is -4.08. The summed E-state index contributed by atoms with van der Waals surface area (Å²) in [6.07, 6.45) is 0.265. The molecule has 6 nitrogen and oxygen atoms in total. The van der Waals surface area contributed by atoms with E-state index in [-0.39, 0.29) is 30.9 Å². The number of carbonyl (C=O) groups is 2. The van der Waals surface area contributed by atoms with E-state index in [0.29, 0.717) is 11.8 Å². The molecule has 0 aromatic heterocycles. The Kier molecular flexibility index (Phi) is 7.85. The van der Waals surface area contributed by atoms with E-state index in [1.54, 1.807) is 6.07 Å². The number of urea groups is 2. The van der Waals surface area contributed by atoms with E-state index < -0.39 is 35.3 Å². The Morgan fingerprint density at radius 1 is 0.758 bits per heavy atom. The first-order valence-corrected chi connectivity index (χ1v) is 9.92. The van der Waals surface area contributed by atoms with Crippen molar-refractivity contribution in [1.29, 1.82) is 0 Å². The summed E-state index contributed by atoms with van der Waals surface area (Å²) in [6, 6.07) is 12.2. The molecule has 0 bridgehead atoms. The zero-order chi connectivity index (χ0) is 23.8. The monoisotopic (exact) mass is 460 g/mol. The van der Waals surface area contributed by atoms with Gasteiger partial charge in [0.05, 0.1) is 11.4 Å². The fourth-order valence-corrected chi connectivity index (χ4v) is 2.91. The molecule has 0 spiro atoms. The third kappa shape index (κ3) is 6.70. The molecule has 172 valence electrons. The average molecular weight is 460 g/mol. The first-order chi connectivity index (χ1) is 15.8. The number of para-hydroxylation sites is 1. The molecule has 0 aliphatic rings. The summed E-state index contributed by atoms with van der Waals surface area (Å²) in [5.74, 6) is -2.79. The van der Waals surface area contributed by atoms with Crippen molar-refractivity contribution in [3.05, 3.63) is 90.0 Å². The first kappa shape index (κ1) is 23.6. The highest BCUT2D eigenvalue weighted by atomic mass is 19.1. The van der Waals surface area contributed by atoms with Crippen LogP contribution in [0, 0.1) is 23.3 Å². The minimum atomic E-state index is -0.919. The molecule has 0 radical (unpaired) electrons. The minimum absolute atomic E-state index is 0.0200. The van der Waals surface area contributed by atoms with E-state index in [0.717, 1.165) is 12.1 Å². The summed E-state index contributed by atoms with van der Waals surface area (Å²) >= 11 is 0. The van der Waals surface area contributed by atoms with Crippen LogP contribution >= 0.6 is 0 Å². The van der Waals surface area contributed by atoms with E-state index >= 15 is 0 Å². The third-order valence-electron chi connectivity index (χ3n) is 4.52. The van der Waals surface area contributed by atoms with Crippen molar-refractivity contribution >= 4 is 29.1 Å². The smallest absolute Gasteiger partial charge is 0.326 e. The molecule has 3 rings (SSSR count). The SMILES string of the molecule is O=C(NCCCN(C(=O)Nc1ccccc1F)c1ccc(F)cc1)Nc1ccc(F)cc1F. The fourth-order valence-electron chi connectivity index (χ4n) is 2.91. The Bertz CT molecular complexity index is 1130. The largest absolute Gasteiger partial charge is 0.338 e. The lowest BCUT2D eigenvalue weighted by Crippen LogP contribution is -2.38. The highest BCUT2D eigenvalue weighted by molar-refractivity contribution is 6.01. The van der Waals surface area contributed by atoms with Crippen LogP contribution in [-0.4, -0.2) is 25.2 Å². The number of amides is 4. The average Bonchev–Trinajstić information content (AvgIpc) is 2.78. The molecule has 0 saturated carbocycles. The molecule has 4 amide bonds. The maximum absolute atomic E-state index is 13.9. The normalized spacial score (nSPS) is 10.4. The van der Waals surface area contributed by atoms with Gasteiger partial charge in [-0.05, 0) is 55.0 Å². The molecule has 0 saturated heterocycles. The summed E-state index contributed by atoms with van der Waals surface area (Å²) in [5.41, 5.74) is 0.155.